The Morgan fingerprint density at radius 3 is 2.84 bits per heavy atom. The second kappa shape index (κ2) is 6.73. The van der Waals surface area contributed by atoms with E-state index in [-0.39, 0.29) is 17.7 Å². The SMILES string of the molecule is Cn1cc([C@H]2CNC[C@@H]2C(=O)Nc2ccc(-c3csnn3)cc2)cn1. The van der Waals surface area contributed by atoms with E-state index in [2.05, 4.69) is 25.3 Å². The Kier molecular flexibility index (Phi) is 4.29. The van der Waals surface area contributed by atoms with Gasteiger partial charge >= 0.3 is 0 Å². The lowest BCUT2D eigenvalue weighted by molar-refractivity contribution is -0.119. The molecule has 3 aromatic rings. The summed E-state index contributed by atoms with van der Waals surface area (Å²) in [5.74, 6) is 0.0719. The molecule has 3 heterocycles. The molecule has 0 spiro atoms. The van der Waals surface area contributed by atoms with Gasteiger partial charge in [-0.1, -0.05) is 16.6 Å². The molecule has 4 rings (SSSR count). The van der Waals surface area contributed by atoms with Crippen LogP contribution in [0, 0.1) is 5.92 Å². The number of aryl methyl sites for hydroxylation is 1. The summed E-state index contributed by atoms with van der Waals surface area (Å²) in [5, 5.41) is 16.5. The summed E-state index contributed by atoms with van der Waals surface area (Å²) in [6, 6.07) is 7.68. The molecule has 7 nitrogen and oxygen atoms in total. The minimum atomic E-state index is -0.105. The molecule has 1 aromatic carbocycles. The first-order valence-corrected chi connectivity index (χ1v) is 8.92. The number of hydrogen-bond acceptors (Lipinski definition) is 6. The van der Waals surface area contributed by atoms with Gasteiger partial charge < -0.3 is 10.6 Å². The van der Waals surface area contributed by atoms with Gasteiger partial charge in [-0.2, -0.15) is 5.10 Å². The van der Waals surface area contributed by atoms with E-state index < -0.39 is 0 Å². The van der Waals surface area contributed by atoms with Crippen molar-refractivity contribution in [2.45, 2.75) is 5.92 Å². The molecule has 2 N–H and O–H groups in total. The molecule has 0 unspecified atom stereocenters. The number of aromatic nitrogens is 4. The van der Waals surface area contributed by atoms with E-state index in [9.17, 15) is 4.79 Å². The molecule has 0 saturated carbocycles. The minimum Gasteiger partial charge on any atom is -0.326 e. The quantitative estimate of drug-likeness (QED) is 0.747. The van der Waals surface area contributed by atoms with Gasteiger partial charge in [0.25, 0.3) is 0 Å². The van der Waals surface area contributed by atoms with Gasteiger partial charge in [0, 0.05) is 48.9 Å². The third-order valence-corrected chi connectivity index (χ3v) is 5.02. The van der Waals surface area contributed by atoms with Gasteiger partial charge in [-0.15, -0.1) is 5.10 Å². The maximum Gasteiger partial charge on any atom is 0.229 e. The molecule has 2 atom stereocenters. The number of hydrogen-bond donors (Lipinski definition) is 2. The van der Waals surface area contributed by atoms with Crippen molar-refractivity contribution >= 4 is 23.1 Å². The van der Waals surface area contributed by atoms with Gasteiger partial charge in [-0.25, -0.2) is 0 Å². The first-order valence-electron chi connectivity index (χ1n) is 8.08. The Hall–Kier alpha value is -2.58. The standard InChI is InChI=1S/C17H18N6OS/c1-23-9-12(6-19-23)14-7-18-8-15(14)17(24)20-13-4-2-11(3-5-13)16-10-25-22-21-16/h2-6,9-10,14-15,18H,7-8H2,1H3,(H,20,24)/t14-,15+/m1/s1. The molecular formula is C17H18N6OS. The number of anilines is 1. The monoisotopic (exact) mass is 354 g/mol. The highest BCUT2D eigenvalue weighted by molar-refractivity contribution is 7.03. The zero-order valence-electron chi connectivity index (χ0n) is 13.7. The van der Waals surface area contributed by atoms with Crippen LogP contribution in [-0.2, 0) is 11.8 Å². The van der Waals surface area contributed by atoms with Crippen LogP contribution in [0.25, 0.3) is 11.3 Å². The van der Waals surface area contributed by atoms with Crippen molar-refractivity contribution in [2.24, 2.45) is 13.0 Å². The van der Waals surface area contributed by atoms with Gasteiger partial charge in [0.1, 0.15) is 5.69 Å². The molecule has 0 bridgehead atoms. The molecule has 25 heavy (non-hydrogen) atoms. The maximum atomic E-state index is 12.7. The lowest BCUT2D eigenvalue weighted by Crippen LogP contribution is -2.28. The van der Waals surface area contributed by atoms with E-state index in [0.29, 0.717) is 6.54 Å². The van der Waals surface area contributed by atoms with Crippen molar-refractivity contribution < 1.29 is 4.79 Å². The molecule has 0 radical (unpaired) electrons. The Morgan fingerprint density at radius 1 is 1.32 bits per heavy atom. The highest BCUT2D eigenvalue weighted by Gasteiger charge is 2.34. The summed E-state index contributed by atoms with van der Waals surface area (Å²) in [5.41, 5.74) is 3.72. The van der Waals surface area contributed by atoms with Crippen LogP contribution in [0.15, 0.2) is 42.0 Å². The molecule has 128 valence electrons. The topological polar surface area (TPSA) is 84.7 Å². The predicted octanol–water partition coefficient (Wildman–Crippen LogP) is 1.88. The van der Waals surface area contributed by atoms with Crippen molar-refractivity contribution in [1.29, 1.82) is 0 Å². The molecule has 1 aliphatic heterocycles. The van der Waals surface area contributed by atoms with Gasteiger partial charge in [-0.3, -0.25) is 9.48 Å². The number of amides is 1. The van der Waals surface area contributed by atoms with Gasteiger partial charge in [0.05, 0.1) is 12.1 Å². The smallest absolute Gasteiger partial charge is 0.229 e. The number of benzene rings is 1. The Morgan fingerprint density at radius 2 is 2.16 bits per heavy atom. The third kappa shape index (κ3) is 3.31. The van der Waals surface area contributed by atoms with Gasteiger partial charge in [-0.05, 0) is 29.2 Å². The van der Waals surface area contributed by atoms with Crippen molar-refractivity contribution in [2.75, 3.05) is 18.4 Å². The lowest BCUT2D eigenvalue weighted by atomic mass is 9.90. The van der Waals surface area contributed by atoms with E-state index in [0.717, 1.165) is 29.1 Å². The minimum absolute atomic E-state index is 0.0296. The lowest BCUT2D eigenvalue weighted by Gasteiger charge is -2.17. The highest BCUT2D eigenvalue weighted by atomic mass is 32.1. The number of nitrogens with one attached hydrogen (secondary N) is 2. The number of nitrogens with zero attached hydrogens (tertiary/aromatic N) is 4. The molecule has 0 aliphatic carbocycles. The number of carbonyl (C=O) groups excluding carboxylic acids is 1. The Bertz CT molecular complexity index is 858. The summed E-state index contributed by atoms with van der Waals surface area (Å²) < 4.78 is 5.64. The zero-order chi connectivity index (χ0) is 17.2. The van der Waals surface area contributed by atoms with E-state index in [4.69, 9.17) is 0 Å². The van der Waals surface area contributed by atoms with E-state index in [1.165, 1.54) is 11.5 Å². The summed E-state index contributed by atoms with van der Waals surface area (Å²) >= 11 is 1.32. The van der Waals surface area contributed by atoms with Crippen molar-refractivity contribution in [1.82, 2.24) is 24.7 Å². The molecule has 8 heteroatoms. The van der Waals surface area contributed by atoms with Crippen molar-refractivity contribution in [3.05, 3.63) is 47.6 Å². The van der Waals surface area contributed by atoms with Crippen LogP contribution in [-0.4, -0.2) is 38.4 Å². The normalized spacial score (nSPS) is 19.9. The second-order valence-electron chi connectivity index (χ2n) is 6.18. The van der Waals surface area contributed by atoms with E-state index in [1.807, 2.05) is 49.1 Å². The molecule has 1 fully saturated rings. The van der Waals surface area contributed by atoms with Crippen LogP contribution in [0.3, 0.4) is 0 Å². The first-order chi connectivity index (χ1) is 12.2. The van der Waals surface area contributed by atoms with Crippen molar-refractivity contribution in [3.8, 4) is 11.3 Å². The Labute approximate surface area is 149 Å². The third-order valence-electron chi connectivity index (χ3n) is 4.51. The zero-order valence-corrected chi connectivity index (χ0v) is 14.5. The molecule has 2 aromatic heterocycles. The number of rotatable bonds is 4. The van der Waals surface area contributed by atoms with Gasteiger partial charge in [0.15, 0.2) is 0 Å². The Balaban J connectivity index is 1.46. The molecule has 1 aliphatic rings. The summed E-state index contributed by atoms with van der Waals surface area (Å²) in [6.45, 7) is 1.47. The molecule has 1 amide bonds. The van der Waals surface area contributed by atoms with E-state index >= 15 is 0 Å². The van der Waals surface area contributed by atoms with Crippen LogP contribution < -0.4 is 10.6 Å². The predicted molar refractivity (Wildman–Crippen MR) is 96.3 cm³/mol. The second-order valence-corrected chi connectivity index (χ2v) is 6.79. The van der Waals surface area contributed by atoms with Crippen molar-refractivity contribution in [3.63, 3.8) is 0 Å². The fourth-order valence-corrected chi connectivity index (χ4v) is 3.65. The van der Waals surface area contributed by atoms with Crippen LogP contribution in [0.2, 0.25) is 0 Å². The first kappa shape index (κ1) is 15.9. The van der Waals surface area contributed by atoms with Crippen LogP contribution in [0.1, 0.15) is 11.5 Å². The summed E-state index contributed by atoms with van der Waals surface area (Å²) in [6.07, 6.45) is 3.82. The van der Waals surface area contributed by atoms with Crippen LogP contribution in [0.4, 0.5) is 5.69 Å². The van der Waals surface area contributed by atoms with Gasteiger partial charge in [0.2, 0.25) is 5.91 Å². The van der Waals surface area contributed by atoms with Crippen LogP contribution >= 0.6 is 11.5 Å². The highest BCUT2D eigenvalue weighted by Crippen LogP contribution is 2.29. The summed E-state index contributed by atoms with van der Waals surface area (Å²) in [7, 11) is 1.89. The molecular weight excluding hydrogens is 336 g/mol. The summed E-state index contributed by atoms with van der Waals surface area (Å²) in [4.78, 5) is 12.7. The van der Waals surface area contributed by atoms with Crippen LogP contribution in [0.5, 0.6) is 0 Å². The fraction of sp³-hybridized carbons (Fsp3) is 0.294. The largest absolute Gasteiger partial charge is 0.326 e. The average Bonchev–Trinajstić information content (AvgIpc) is 3.36. The number of carbonyl (C=O) groups is 1. The van der Waals surface area contributed by atoms with E-state index in [1.54, 1.807) is 4.68 Å². The maximum absolute atomic E-state index is 12.7. The average molecular weight is 354 g/mol. The molecule has 1 saturated heterocycles. The fourth-order valence-electron chi connectivity index (χ4n) is 3.19.